The lowest BCUT2D eigenvalue weighted by atomic mass is 10.0. The summed E-state index contributed by atoms with van der Waals surface area (Å²) in [7, 11) is 1.68. The summed E-state index contributed by atoms with van der Waals surface area (Å²) in [5.41, 5.74) is 5.13. The van der Waals surface area contributed by atoms with Gasteiger partial charge in [0.2, 0.25) is 0 Å². The summed E-state index contributed by atoms with van der Waals surface area (Å²) in [6.07, 6.45) is 0.768. The van der Waals surface area contributed by atoms with Crippen LogP contribution in [0.5, 0.6) is 5.75 Å². The summed E-state index contributed by atoms with van der Waals surface area (Å²) in [6, 6.07) is 26.7. The highest BCUT2D eigenvalue weighted by Gasteiger charge is 2.22. The van der Waals surface area contributed by atoms with Gasteiger partial charge in [-0.1, -0.05) is 60.7 Å². The third kappa shape index (κ3) is 5.45. The molecule has 0 radical (unpaired) electrons. The molecule has 1 aliphatic heterocycles. The van der Waals surface area contributed by atoms with Crippen molar-refractivity contribution in [3.8, 4) is 5.75 Å². The predicted molar refractivity (Wildman–Crippen MR) is 141 cm³/mol. The summed E-state index contributed by atoms with van der Waals surface area (Å²) in [4.78, 5) is 15.8. The molecule has 0 unspecified atom stereocenters. The molecule has 4 aromatic rings. The molecule has 0 spiro atoms. The van der Waals surface area contributed by atoms with Crippen LogP contribution in [0.2, 0.25) is 0 Å². The first-order valence-electron chi connectivity index (χ1n) is 12.5. The normalized spacial score (nSPS) is 14.6. The lowest BCUT2D eigenvalue weighted by Gasteiger charge is -2.24. The Morgan fingerprint density at radius 3 is 2.67 bits per heavy atom. The molecule has 5 rings (SSSR count). The number of benzene rings is 3. The van der Waals surface area contributed by atoms with Crippen LogP contribution in [0, 0.1) is 0 Å². The zero-order valence-electron chi connectivity index (χ0n) is 20.7. The fourth-order valence-electron chi connectivity index (χ4n) is 4.78. The highest BCUT2D eigenvalue weighted by Crippen LogP contribution is 2.24. The number of hydrogen-bond acceptors (Lipinski definition) is 4. The van der Waals surface area contributed by atoms with Crippen molar-refractivity contribution in [3.63, 3.8) is 0 Å². The number of para-hydroxylation sites is 2. The van der Waals surface area contributed by atoms with Crippen molar-refractivity contribution in [2.24, 2.45) is 0 Å². The van der Waals surface area contributed by atoms with Gasteiger partial charge in [-0.2, -0.15) is 0 Å². The van der Waals surface area contributed by atoms with Gasteiger partial charge in [0.1, 0.15) is 18.1 Å². The van der Waals surface area contributed by atoms with E-state index in [1.807, 2.05) is 47.4 Å². The lowest BCUT2D eigenvalue weighted by molar-refractivity contribution is 0.0562. The van der Waals surface area contributed by atoms with Crippen molar-refractivity contribution in [2.75, 3.05) is 40.1 Å². The van der Waals surface area contributed by atoms with Crippen molar-refractivity contribution in [3.05, 3.63) is 101 Å². The first kappa shape index (κ1) is 24.1. The smallest absolute Gasteiger partial charge is 0.270 e. The maximum atomic E-state index is 13.9. The van der Waals surface area contributed by atoms with Gasteiger partial charge in [0, 0.05) is 44.1 Å². The van der Waals surface area contributed by atoms with E-state index in [2.05, 4.69) is 41.0 Å². The van der Waals surface area contributed by atoms with E-state index in [4.69, 9.17) is 14.2 Å². The van der Waals surface area contributed by atoms with E-state index in [1.54, 1.807) is 7.11 Å². The molecule has 0 aliphatic carbocycles. The maximum absolute atomic E-state index is 13.9. The van der Waals surface area contributed by atoms with Gasteiger partial charge in [-0.05, 0) is 34.9 Å². The van der Waals surface area contributed by atoms with E-state index in [9.17, 15) is 4.79 Å². The van der Waals surface area contributed by atoms with Crippen LogP contribution in [0.3, 0.4) is 0 Å². The topological polar surface area (TPSA) is 52.9 Å². The van der Waals surface area contributed by atoms with Crippen LogP contribution < -0.4 is 4.74 Å². The number of hydrogen-bond donors (Lipinski definition) is 0. The number of aromatic nitrogens is 1. The number of carbonyl (C=O) groups is 1. The second kappa shape index (κ2) is 11.4. The Labute approximate surface area is 212 Å². The number of methoxy groups -OCH3 is 1. The summed E-state index contributed by atoms with van der Waals surface area (Å²) < 4.78 is 19.3. The summed E-state index contributed by atoms with van der Waals surface area (Å²) in [5, 5.41) is 1.05. The van der Waals surface area contributed by atoms with Crippen LogP contribution >= 0.6 is 0 Å². The van der Waals surface area contributed by atoms with Crippen LogP contribution in [0.1, 0.15) is 27.2 Å². The van der Waals surface area contributed by atoms with Crippen molar-refractivity contribution in [1.82, 2.24) is 9.47 Å². The zero-order chi connectivity index (χ0) is 24.7. The molecule has 186 valence electrons. The molecule has 0 N–H and O–H groups in total. The average molecular weight is 485 g/mol. The Hall–Kier alpha value is -3.61. The molecule has 6 nitrogen and oxygen atoms in total. The van der Waals surface area contributed by atoms with Crippen LogP contribution in [-0.2, 0) is 29.0 Å². The largest absolute Gasteiger partial charge is 0.491 e. The molecule has 3 aromatic carbocycles. The number of carbonyl (C=O) groups excluding carboxylic acids is 1. The van der Waals surface area contributed by atoms with Crippen LogP contribution in [0.4, 0.5) is 0 Å². The van der Waals surface area contributed by atoms with Gasteiger partial charge in [-0.15, -0.1) is 0 Å². The first-order chi connectivity index (χ1) is 17.7. The van der Waals surface area contributed by atoms with Gasteiger partial charge in [-0.25, -0.2) is 0 Å². The zero-order valence-corrected chi connectivity index (χ0v) is 20.7. The SMILES string of the molecule is COCCn1c(C(=O)N2CCOCCOc3ccccc3Cc3cccc(c3)C2)cc2ccccc21. The lowest BCUT2D eigenvalue weighted by Crippen LogP contribution is -2.35. The quantitative estimate of drug-likeness (QED) is 0.412. The molecule has 0 fully saturated rings. The van der Waals surface area contributed by atoms with E-state index in [0.29, 0.717) is 51.8 Å². The average Bonchev–Trinajstić information content (AvgIpc) is 3.27. The fraction of sp³-hybridized carbons (Fsp3) is 0.300. The predicted octanol–water partition coefficient (Wildman–Crippen LogP) is 4.93. The van der Waals surface area contributed by atoms with Crippen molar-refractivity contribution in [1.29, 1.82) is 0 Å². The van der Waals surface area contributed by atoms with Crippen LogP contribution in [-0.4, -0.2) is 55.5 Å². The van der Waals surface area contributed by atoms with E-state index >= 15 is 0 Å². The van der Waals surface area contributed by atoms with Gasteiger partial charge in [0.05, 0.1) is 19.8 Å². The molecule has 0 atom stereocenters. The highest BCUT2D eigenvalue weighted by molar-refractivity contribution is 5.98. The molecule has 1 amide bonds. The van der Waals surface area contributed by atoms with Gasteiger partial charge in [0.25, 0.3) is 5.91 Å². The minimum absolute atomic E-state index is 0.00926. The Morgan fingerprint density at radius 1 is 0.917 bits per heavy atom. The molecule has 6 heteroatoms. The van der Waals surface area contributed by atoms with E-state index in [0.717, 1.165) is 34.2 Å². The fourth-order valence-corrected chi connectivity index (χ4v) is 4.78. The second-order valence-electron chi connectivity index (χ2n) is 9.02. The van der Waals surface area contributed by atoms with Gasteiger partial charge < -0.3 is 23.7 Å². The number of amides is 1. The first-order valence-corrected chi connectivity index (χ1v) is 12.5. The van der Waals surface area contributed by atoms with Crippen LogP contribution in [0.25, 0.3) is 10.9 Å². The number of ether oxygens (including phenoxy) is 3. The molecular weight excluding hydrogens is 452 g/mol. The Balaban J connectivity index is 1.46. The van der Waals surface area contributed by atoms with E-state index in [-0.39, 0.29) is 5.91 Å². The Bertz CT molecular complexity index is 1330. The highest BCUT2D eigenvalue weighted by atomic mass is 16.5. The Kier molecular flexibility index (Phi) is 7.64. The van der Waals surface area contributed by atoms with Crippen LogP contribution in [0.15, 0.2) is 78.9 Å². The monoisotopic (exact) mass is 484 g/mol. The summed E-state index contributed by atoms with van der Waals surface area (Å²) in [5.74, 6) is 0.884. The second-order valence-corrected chi connectivity index (χ2v) is 9.02. The third-order valence-electron chi connectivity index (χ3n) is 6.56. The van der Waals surface area contributed by atoms with E-state index < -0.39 is 0 Å². The van der Waals surface area contributed by atoms with Crippen molar-refractivity contribution < 1.29 is 19.0 Å². The van der Waals surface area contributed by atoms with Crippen molar-refractivity contribution >= 4 is 16.8 Å². The van der Waals surface area contributed by atoms with Crippen molar-refractivity contribution in [2.45, 2.75) is 19.5 Å². The van der Waals surface area contributed by atoms with E-state index in [1.165, 1.54) is 5.56 Å². The van der Waals surface area contributed by atoms with Gasteiger partial charge in [-0.3, -0.25) is 4.79 Å². The number of rotatable bonds is 4. The Morgan fingerprint density at radius 2 is 1.75 bits per heavy atom. The molecule has 0 saturated heterocycles. The maximum Gasteiger partial charge on any atom is 0.270 e. The molecular formula is C30H32N2O4. The molecule has 0 saturated carbocycles. The standard InChI is InChI=1S/C30H32N2O4/c1-34-15-14-32-27-11-4-2-9-25(27)21-28(32)30(33)31-13-16-35-17-18-36-29-12-5-3-10-26(29)20-23-7-6-8-24(19-23)22-31/h2-12,19,21H,13-18,20,22H2,1H3. The molecule has 1 aromatic heterocycles. The molecule has 36 heavy (non-hydrogen) atoms. The molecule has 2 bridgehead atoms. The van der Waals surface area contributed by atoms with Gasteiger partial charge in [0.15, 0.2) is 0 Å². The minimum Gasteiger partial charge on any atom is -0.491 e. The summed E-state index contributed by atoms with van der Waals surface area (Å²) in [6.45, 7) is 3.53. The molecule has 1 aliphatic rings. The minimum atomic E-state index is -0.00926. The molecule has 2 heterocycles. The number of nitrogens with zero attached hydrogens (tertiary/aromatic N) is 2. The third-order valence-corrected chi connectivity index (χ3v) is 6.56. The number of fused-ring (bicyclic) bond motifs is 4. The van der Waals surface area contributed by atoms with Gasteiger partial charge >= 0.3 is 0 Å². The summed E-state index contributed by atoms with van der Waals surface area (Å²) >= 11 is 0.